The van der Waals surface area contributed by atoms with Gasteiger partial charge in [-0.1, -0.05) is 30.3 Å². The molecule has 8 nitrogen and oxygen atoms in total. The SMILES string of the molecule is CC(=O)[C@H](Cc1ccccc1)NC(=O)Cn1cc(S(=O)(=O)N(C)C)ccc1=O. The Morgan fingerprint density at radius 3 is 2.32 bits per heavy atom. The molecule has 0 spiro atoms. The summed E-state index contributed by atoms with van der Waals surface area (Å²) in [5.74, 6) is -0.772. The summed E-state index contributed by atoms with van der Waals surface area (Å²) >= 11 is 0. The van der Waals surface area contributed by atoms with Crippen LogP contribution in [0.5, 0.6) is 0 Å². The van der Waals surface area contributed by atoms with Crippen LogP contribution < -0.4 is 10.9 Å². The van der Waals surface area contributed by atoms with Gasteiger partial charge in [0.15, 0.2) is 5.78 Å². The molecule has 0 saturated carbocycles. The van der Waals surface area contributed by atoms with Gasteiger partial charge in [0.2, 0.25) is 15.9 Å². The van der Waals surface area contributed by atoms with Crippen molar-refractivity contribution in [3.63, 3.8) is 0 Å². The highest BCUT2D eigenvalue weighted by Crippen LogP contribution is 2.10. The number of nitrogens with zero attached hydrogens (tertiary/aromatic N) is 2. The summed E-state index contributed by atoms with van der Waals surface area (Å²) in [5, 5.41) is 2.61. The van der Waals surface area contributed by atoms with Crippen LogP contribution in [0.3, 0.4) is 0 Å². The summed E-state index contributed by atoms with van der Waals surface area (Å²) in [6.45, 7) is 0.985. The van der Waals surface area contributed by atoms with Crippen LogP contribution in [0, 0.1) is 0 Å². The zero-order valence-electron chi connectivity index (χ0n) is 16.0. The van der Waals surface area contributed by atoms with Crippen LogP contribution in [0.1, 0.15) is 12.5 Å². The highest BCUT2D eigenvalue weighted by atomic mass is 32.2. The first-order chi connectivity index (χ1) is 13.1. The van der Waals surface area contributed by atoms with Crippen LogP contribution in [0.2, 0.25) is 0 Å². The molecule has 2 rings (SSSR count). The lowest BCUT2D eigenvalue weighted by Crippen LogP contribution is -2.43. The Hall–Kier alpha value is -2.78. The maximum Gasteiger partial charge on any atom is 0.251 e. The van der Waals surface area contributed by atoms with E-state index in [0.29, 0.717) is 6.42 Å². The van der Waals surface area contributed by atoms with Crippen molar-refractivity contribution in [1.29, 1.82) is 0 Å². The summed E-state index contributed by atoms with van der Waals surface area (Å²) in [6, 6.07) is 10.8. The van der Waals surface area contributed by atoms with Gasteiger partial charge in [-0.05, 0) is 25.0 Å². The quantitative estimate of drug-likeness (QED) is 0.685. The number of rotatable bonds is 8. The maximum absolute atomic E-state index is 12.4. The van der Waals surface area contributed by atoms with Crippen LogP contribution in [0.15, 0.2) is 58.4 Å². The van der Waals surface area contributed by atoms with Gasteiger partial charge in [-0.2, -0.15) is 0 Å². The second-order valence-corrected chi connectivity index (χ2v) is 8.69. The lowest BCUT2D eigenvalue weighted by molar-refractivity contribution is -0.127. The lowest BCUT2D eigenvalue weighted by atomic mass is 10.0. The molecule has 0 saturated heterocycles. The average molecular weight is 405 g/mol. The number of benzene rings is 1. The molecular formula is C19H23N3O5S. The Morgan fingerprint density at radius 2 is 1.75 bits per heavy atom. The number of pyridine rings is 1. The van der Waals surface area contributed by atoms with E-state index in [2.05, 4.69) is 5.32 Å². The number of amides is 1. The molecule has 1 heterocycles. The van der Waals surface area contributed by atoms with Crippen LogP contribution in [0.25, 0.3) is 0 Å². The maximum atomic E-state index is 12.4. The number of nitrogens with one attached hydrogen (secondary N) is 1. The van der Waals surface area contributed by atoms with Crippen molar-refractivity contribution in [2.24, 2.45) is 0 Å². The minimum atomic E-state index is -3.74. The third kappa shape index (κ3) is 5.37. The molecule has 150 valence electrons. The Morgan fingerprint density at radius 1 is 1.11 bits per heavy atom. The van der Waals surface area contributed by atoms with Crippen LogP contribution in [-0.4, -0.2) is 49.1 Å². The molecule has 0 aliphatic rings. The van der Waals surface area contributed by atoms with Crippen molar-refractivity contribution < 1.29 is 18.0 Å². The first-order valence-electron chi connectivity index (χ1n) is 8.58. The Kier molecular flexibility index (Phi) is 6.87. The zero-order chi connectivity index (χ0) is 20.9. The fourth-order valence-corrected chi connectivity index (χ4v) is 3.46. The summed E-state index contributed by atoms with van der Waals surface area (Å²) in [7, 11) is -0.994. The third-order valence-corrected chi connectivity index (χ3v) is 5.96. The van der Waals surface area contributed by atoms with Crippen LogP contribution in [-0.2, 0) is 32.6 Å². The van der Waals surface area contributed by atoms with Crippen molar-refractivity contribution >= 4 is 21.7 Å². The van der Waals surface area contributed by atoms with Gasteiger partial charge in [-0.3, -0.25) is 14.4 Å². The molecule has 0 radical (unpaired) electrons. The summed E-state index contributed by atoms with van der Waals surface area (Å²) in [6.07, 6.45) is 1.45. The molecule has 28 heavy (non-hydrogen) atoms. The molecule has 1 amide bonds. The van der Waals surface area contributed by atoms with Crippen molar-refractivity contribution in [1.82, 2.24) is 14.2 Å². The Labute approximate surface area is 163 Å². The summed E-state index contributed by atoms with van der Waals surface area (Å²) in [4.78, 5) is 36.2. The standard InChI is InChI=1S/C19H23N3O5S/c1-14(23)17(11-15-7-5-4-6-8-15)20-18(24)13-22-12-16(9-10-19(22)25)28(26,27)21(2)3/h4-10,12,17H,11,13H2,1-3H3,(H,20,24)/t17-/m0/s1. The normalized spacial score (nSPS) is 12.6. The highest BCUT2D eigenvalue weighted by Gasteiger charge is 2.20. The molecule has 0 bridgehead atoms. The van der Waals surface area contributed by atoms with Gasteiger partial charge < -0.3 is 9.88 Å². The number of Topliss-reactive ketones (excluding diaryl/α,β-unsaturated/α-hetero) is 1. The molecule has 9 heteroatoms. The van der Waals surface area contributed by atoms with E-state index in [4.69, 9.17) is 0 Å². The summed E-state index contributed by atoms with van der Waals surface area (Å²) in [5.41, 5.74) is 0.370. The van der Waals surface area contributed by atoms with Crippen molar-refractivity contribution in [3.05, 3.63) is 64.6 Å². The van der Waals surface area contributed by atoms with E-state index in [1.807, 2.05) is 30.3 Å². The van der Waals surface area contributed by atoms with Gasteiger partial charge in [0.25, 0.3) is 5.56 Å². The first-order valence-corrected chi connectivity index (χ1v) is 10.0. The van der Waals surface area contributed by atoms with E-state index < -0.39 is 34.1 Å². The van der Waals surface area contributed by atoms with E-state index in [0.717, 1.165) is 26.7 Å². The molecule has 2 aromatic rings. The van der Waals surface area contributed by atoms with E-state index in [9.17, 15) is 22.8 Å². The van der Waals surface area contributed by atoms with E-state index >= 15 is 0 Å². The minimum absolute atomic E-state index is 0.0997. The number of hydrogen-bond acceptors (Lipinski definition) is 5. The number of hydrogen-bond donors (Lipinski definition) is 1. The van der Waals surface area contributed by atoms with E-state index in [1.54, 1.807) is 0 Å². The molecule has 1 aromatic heterocycles. The van der Waals surface area contributed by atoms with E-state index in [1.165, 1.54) is 27.1 Å². The topological polar surface area (TPSA) is 106 Å². The molecule has 0 unspecified atom stereocenters. The minimum Gasteiger partial charge on any atom is -0.344 e. The second kappa shape index (κ2) is 8.94. The smallest absolute Gasteiger partial charge is 0.251 e. The fourth-order valence-electron chi connectivity index (χ4n) is 2.54. The molecule has 1 N–H and O–H groups in total. The van der Waals surface area contributed by atoms with Crippen molar-refractivity contribution in [2.75, 3.05) is 14.1 Å². The molecular weight excluding hydrogens is 382 g/mol. The van der Waals surface area contributed by atoms with E-state index in [-0.39, 0.29) is 10.7 Å². The van der Waals surface area contributed by atoms with Gasteiger partial charge in [-0.15, -0.1) is 0 Å². The second-order valence-electron chi connectivity index (χ2n) is 6.54. The van der Waals surface area contributed by atoms with Gasteiger partial charge >= 0.3 is 0 Å². The van der Waals surface area contributed by atoms with Crippen molar-refractivity contribution in [2.45, 2.75) is 30.8 Å². The molecule has 1 aromatic carbocycles. The lowest BCUT2D eigenvalue weighted by Gasteiger charge is -2.17. The first kappa shape index (κ1) is 21.5. The number of sulfonamides is 1. The average Bonchev–Trinajstić information content (AvgIpc) is 2.63. The fraction of sp³-hybridized carbons (Fsp3) is 0.316. The Bertz CT molecular complexity index is 1010. The number of carbonyl (C=O) groups is 2. The van der Waals surface area contributed by atoms with Gasteiger partial charge in [-0.25, -0.2) is 12.7 Å². The molecule has 0 fully saturated rings. The van der Waals surface area contributed by atoms with Crippen LogP contribution in [0.4, 0.5) is 0 Å². The number of aromatic nitrogens is 1. The predicted molar refractivity (Wildman–Crippen MR) is 104 cm³/mol. The number of carbonyl (C=O) groups excluding carboxylic acids is 2. The summed E-state index contributed by atoms with van der Waals surface area (Å²) < 4.78 is 26.5. The Balaban J connectivity index is 2.17. The highest BCUT2D eigenvalue weighted by molar-refractivity contribution is 7.89. The molecule has 0 aliphatic carbocycles. The molecule has 0 aliphatic heterocycles. The van der Waals surface area contributed by atoms with Gasteiger partial charge in [0.05, 0.1) is 10.9 Å². The van der Waals surface area contributed by atoms with Crippen LogP contribution >= 0.6 is 0 Å². The van der Waals surface area contributed by atoms with Gasteiger partial charge in [0.1, 0.15) is 6.54 Å². The largest absolute Gasteiger partial charge is 0.344 e. The molecule has 1 atom stereocenters. The predicted octanol–water partition coefficient (Wildman–Crippen LogP) is 0.415. The van der Waals surface area contributed by atoms with Gasteiger partial charge in [0, 0.05) is 26.4 Å². The number of ketones is 1. The zero-order valence-corrected chi connectivity index (χ0v) is 16.8. The third-order valence-electron chi connectivity index (χ3n) is 4.16. The monoisotopic (exact) mass is 405 g/mol. The van der Waals surface area contributed by atoms with Crippen molar-refractivity contribution in [3.8, 4) is 0 Å².